The highest BCUT2D eigenvalue weighted by atomic mass is 16.1. The SMILES string of the molecule is NC(=O)CNc1cn[nH]c1N. The third-order valence-corrected chi connectivity index (χ3v) is 1.12. The van der Waals surface area contributed by atoms with Gasteiger partial charge in [0.25, 0.3) is 0 Å². The van der Waals surface area contributed by atoms with Crippen molar-refractivity contribution >= 4 is 17.4 Å². The number of amides is 1. The standard InChI is InChI=1S/C5H9N5O/c6-4(11)2-8-3-1-9-10-5(3)7/h1,8H,2H2,(H2,6,11)(H3,7,9,10). The van der Waals surface area contributed by atoms with Crippen molar-refractivity contribution in [1.29, 1.82) is 0 Å². The van der Waals surface area contributed by atoms with E-state index in [9.17, 15) is 4.79 Å². The Morgan fingerprint density at radius 3 is 3.00 bits per heavy atom. The van der Waals surface area contributed by atoms with Crippen molar-refractivity contribution in [3.63, 3.8) is 0 Å². The van der Waals surface area contributed by atoms with E-state index in [1.54, 1.807) is 0 Å². The summed E-state index contributed by atoms with van der Waals surface area (Å²) in [5, 5.41) is 8.84. The van der Waals surface area contributed by atoms with E-state index in [-0.39, 0.29) is 6.54 Å². The Morgan fingerprint density at radius 2 is 2.55 bits per heavy atom. The fourth-order valence-corrected chi connectivity index (χ4v) is 0.619. The zero-order chi connectivity index (χ0) is 8.27. The number of nitrogen functional groups attached to an aromatic ring is 1. The lowest BCUT2D eigenvalue weighted by molar-refractivity contribution is -0.116. The Balaban J connectivity index is 2.51. The first-order chi connectivity index (χ1) is 5.20. The van der Waals surface area contributed by atoms with E-state index in [1.807, 2.05) is 0 Å². The quantitative estimate of drug-likeness (QED) is 0.443. The fraction of sp³-hybridized carbons (Fsp3) is 0.200. The summed E-state index contributed by atoms with van der Waals surface area (Å²) in [6.45, 7) is 0.0593. The maximum atomic E-state index is 10.3. The molecule has 6 heteroatoms. The summed E-state index contributed by atoms with van der Waals surface area (Å²) in [5.74, 6) is -0.0446. The topological polar surface area (TPSA) is 110 Å². The van der Waals surface area contributed by atoms with E-state index in [0.717, 1.165) is 0 Å². The number of hydrogen-bond acceptors (Lipinski definition) is 4. The van der Waals surface area contributed by atoms with E-state index in [1.165, 1.54) is 6.20 Å². The van der Waals surface area contributed by atoms with Gasteiger partial charge in [0.15, 0.2) is 0 Å². The molecule has 11 heavy (non-hydrogen) atoms. The summed E-state index contributed by atoms with van der Waals surface area (Å²) >= 11 is 0. The van der Waals surface area contributed by atoms with Crippen LogP contribution in [-0.4, -0.2) is 22.6 Å². The van der Waals surface area contributed by atoms with Crippen molar-refractivity contribution < 1.29 is 4.79 Å². The van der Waals surface area contributed by atoms with Gasteiger partial charge in [0.05, 0.1) is 18.4 Å². The summed E-state index contributed by atoms with van der Waals surface area (Å²) in [4.78, 5) is 10.3. The molecule has 0 bridgehead atoms. The zero-order valence-corrected chi connectivity index (χ0v) is 5.79. The third-order valence-electron chi connectivity index (χ3n) is 1.12. The van der Waals surface area contributed by atoms with Crippen LogP contribution < -0.4 is 16.8 Å². The molecule has 1 aromatic heterocycles. The number of aromatic amines is 1. The van der Waals surface area contributed by atoms with Gasteiger partial charge in [0.2, 0.25) is 5.91 Å². The molecular weight excluding hydrogens is 146 g/mol. The van der Waals surface area contributed by atoms with E-state index < -0.39 is 5.91 Å². The molecule has 1 rings (SSSR count). The highest BCUT2D eigenvalue weighted by Gasteiger charge is 2.00. The van der Waals surface area contributed by atoms with Crippen LogP contribution in [0.4, 0.5) is 11.5 Å². The Hall–Kier alpha value is -1.72. The van der Waals surface area contributed by atoms with Crippen molar-refractivity contribution in [2.45, 2.75) is 0 Å². The monoisotopic (exact) mass is 155 g/mol. The molecule has 0 saturated carbocycles. The number of nitrogens with one attached hydrogen (secondary N) is 2. The maximum Gasteiger partial charge on any atom is 0.236 e. The summed E-state index contributed by atoms with van der Waals surface area (Å²) < 4.78 is 0. The smallest absolute Gasteiger partial charge is 0.236 e. The summed E-state index contributed by atoms with van der Waals surface area (Å²) in [7, 11) is 0. The number of H-pyrrole nitrogens is 1. The Labute approximate surface area is 62.9 Å². The van der Waals surface area contributed by atoms with Crippen LogP contribution in [0.2, 0.25) is 0 Å². The minimum atomic E-state index is -0.439. The number of carbonyl (C=O) groups is 1. The molecule has 0 atom stereocenters. The van der Waals surface area contributed by atoms with Crippen LogP contribution in [-0.2, 0) is 4.79 Å². The van der Waals surface area contributed by atoms with E-state index in [2.05, 4.69) is 15.5 Å². The van der Waals surface area contributed by atoms with Crippen LogP contribution in [0.15, 0.2) is 6.20 Å². The molecule has 0 aliphatic carbocycles. The van der Waals surface area contributed by atoms with Crippen LogP contribution in [0.1, 0.15) is 0 Å². The summed E-state index contributed by atoms with van der Waals surface area (Å²) in [6.07, 6.45) is 1.48. The molecule has 6 N–H and O–H groups in total. The Kier molecular flexibility index (Phi) is 1.95. The summed E-state index contributed by atoms with van der Waals surface area (Å²) in [6, 6.07) is 0. The molecule has 1 aromatic rings. The normalized spacial score (nSPS) is 9.45. The second-order valence-corrected chi connectivity index (χ2v) is 2.02. The molecule has 0 aromatic carbocycles. The predicted molar refractivity (Wildman–Crippen MR) is 40.7 cm³/mol. The predicted octanol–water partition coefficient (Wildman–Crippen LogP) is -1.11. The molecule has 0 unspecified atom stereocenters. The third kappa shape index (κ3) is 1.85. The van der Waals surface area contributed by atoms with E-state index in [4.69, 9.17) is 11.5 Å². The number of carbonyl (C=O) groups excluding carboxylic acids is 1. The molecule has 0 saturated heterocycles. The van der Waals surface area contributed by atoms with Crippen molar-refractivity contribution in [1.82, 2.24) is 10.2 Å². The lowest BCUT2D eigenvalue weighted by Crippen LogP contribution is -2.21. The zero-order valence-electron chi connectivity index (χ0n) is 5.79. The lowest BCUT2D eigenvalue weighted by Gasteiger charge is -1.99. The minimum Gasteiger partial charge on any atom is -0.382 e. The molecule has 0 aliphatic rings. The molecule has 0 aliphatic heterocycles. The Morgan fingerprint density at radius 1 is 1.82 bits per heavy atom. The van der Waals surface area contributed by atoms with Gasteiger partial charge >= 0.3 is 0 Å². The van der Waals surface area contributed by atoms with Crippen molar-refractivity contribution in [3.05, 3.63) is 6.20 Å². The van der Waals surface area contributed by atoms with E-state index in [0.29, 0.717) is 11.5 Å². The van der Waals surface area contributed by atoms with Gasteiger partial charge in [-0.15, -0.1) is 0 Å². The molecule has 0 fully saturated rings. The van der Waals surface area contributed by atoms with Gasteiger partial charge in [-0.1, -0.05) is 0 Å². The van der Waals surface area contributed by atoms with Crippen molar-refractivity contribution in [3.8, 4) is 0 Å². The highest BCUT2D eigenvalue weighted by Crippen LogP contribution is 2.11. The van der Waals surface area contributed by atoms with Gasteiger partial charge in [-0.3, -0.25) is 9.89 Å². The fourth-order valence-electron chi connectivity index (χ4n) is 0.619. The number of aromatic nitrogens is 2. The van der Waals surface area contributed by atoms with Gasteiger partial charge in [0, 0.05) is 0 Å². The average molecular weight is 155 g/mol. The second kappa shape index (κ2) is 2.91. The second-order valence-electron chi connectivity index (χ2n) is 2.02. The van der Waals surface area contributed by atoms with Gasteiger partial charge in [-0.25, -0.2) is 0 Å². The number of primary amides is 1. The first kappa shape index (κ1) is 7.39. The maximum absolute atomic E-state index is 10.3. The number of rotatable bonds is 3. The van der Waals surface area contributed by atoms with Crippen LogP contribution in [0.3, 0.4) is 0 Å². The molecule has 0 spiro atoms. The number of anilines is 2. The number of nitrogens with zero attached hydrogens (tertiary/aromatic N) is 1. The van der Waals surface area contributed by atoms with Gasteiger partial charge < -0.3 is 16.8 Å². The van der Waals surface area contributed by atoms with Gasteiger partial charge in [-0.05, 0) is 0 Å². The largest absolute Gasteiger partial charge is 0.382 e. The molecule has 60 valence electrons. The van der Waals surface area contributed by atoms with Crippen LogP contribution in [0.5, 0.6) is 0 Å². The van der Waals surface area contributed by atoms with E-state index >= 15 is 0 Å². The summed E-state index contributed by atoms with van der Waals surface area (Å²) in [5.41, 5.74) is 10.9. The molecule has 6 nitrogen and oxygen atoms in total. The molecule has 1 heterocycles. The Bertz CT molecular complexity index is 255. The first-order valence-electron chi connectivity index (χ1n) is 3.01. The van der Waals surface area contributed by atoms with Crippen molar-refractivity contribution in [2.75, 3.05) is 17.6 Å². The molecule has 0 radical (unpaired) electrons. The van der Waals surface area contributed by atoms with Crippen LogP contribution >= 0.6 is 0 Å². The van der Waals surface area contributed by atoms with Crippen molar-refractivity contribution in [2.24, 2.45) is 5.73 Å². The van der Waals surface area contributed by atoms with Gasteiger partial charge in [-0.2, -0.15) is 5.10 Å². The van der Waals surface area contributed by atoms with Crippen LogP contribution in [0.25, 0.3) is 0 Å². The first-order valence-corrected chi connectivity index (χ1v) is 3.01. The molecule has 1 amide bonds. The molecular formula is C5H9N5O. The average Bonchev–Trinajstić information content (AvgIpc) is 2.31. The minimum absolute atomic E-state index is 0.0593. The van der Waals surface area contributed by atoms with Crippen LogP contribution in [0, 0.1) is 0 Å². The highest BCUT2D eigenvalue weighted by molar-refractivity contribution is 5.79. The number of nitrogens with two attached hydrogens (primary N) is 2. The number of hydrogen-bond donors (Lipinski definition) is 4. The van der Waals surface area contributed by atoms with Gasteiger partial charge in [0.1, 0.15) is 5.82 Å². The lowest BCUT2D eigenvalue weighted by atomic mass is 10.5.